The van der Waals surface area contributed by atoms with Crippen LogP contribution in [0.15, 0.2) is 18.3 Å². The van der Waals surface area contributed by atoms with Crippen molar-refractivity contribution in [1.82, 2.24) is 20.1 Å². The molecule has 3 rings (SSSR count). The summed E-state index contributed by atoms with van der Waals surface area (Å²) in [5.74, 6) is -1.03. The lowest BCUT2D eigenvalue weighted by atomic mass is 9.96. The van der Waals surface area contributed by atoms with E-state index in [0.717, 1.165) is 19.3 Å². The highest BCUT2D eigenvalue weighted by Crippen LogP contribution is 2.22. The number of likely N-dealkylation sites (tertiary alicyclic amines) is 2. The van der Waals surface area contributed by atoms with Gasteiger partial charge in [-0.25, -0.2) is 0 Å². The Kier molecular flexibility index (Phi) is 7.02. The van der Waals surface area contributed by atoms with Gasteiger partial charge in [-0.3, -0.25) is 24.2 Å². The third-order valence-corrected chi connectivity index (χ3v) is 5.82. The Morgan fingerprint density at radius 2 is 2.03 bits per heavy atom. The predicted molar refractivity (Wildman–Crippen MR) is 109 cm³/mol. The molecule has 2 aliphatic rings. The summed E-state index contributed by atoms with van der Waals surface area (Å²) in [5, 5.41) is 2.98. The van der Waals surface area contributed by atoms with Crippen molar-refractivity contribution in [2.45, 2.75) is 45.1 Å². The van der Waals surface area contributed by atoms with E-state index in [1.54, 1.807) is 4.90 Å². The van der Waals surface area contributed by atoms with Gasteiger partial charge in [0.2, 0.25) is 11.8 Å². The van der Waals surface area contributed by atoms with Crippen LogP contribution in [0.4, 0.5) is 0 Å². The first-order valence-corrected chi connectivity index (χ1v) is 10.5. The van der Waals surface area contributed by atoms with Crippen LogP contribution < -0.4 is 11.1 Å². The van der Waals surface area contributed by atoms with Crippen LogP contribution >= 0.6 is 0 Å². The summed E-state index contributed by atoms with van der Waals surface area (Å²) in [6, 6.07) is 2.72. The lowest BCUT2D eigenvalue weighted by Crippen LogP contribution is -2.50. The van der Waals surface area contributed by atoms with Crippen LogP contribution in [0.25, 0.3) is 0 Å². The quantitative estimate of drug-likeness (QED) is 0.726. The van der Waals surface area contributed by atoms with E-state index >= 15 is 0 Å². The summed E-state index contributed by atoms with van der Waals surface area (Å²) in [6.45, 7) is 4.10. The Labute approximate surface area is 176 Å². The molecule has 2 aliphatic heterocycles. The highest BCUT2D eigenvalue weighted by atomic mass is 16.2. The summed E-state index contributed by atoms with van der Waals surface area (Å²) >= 11 is 0. The van der Waals surface area contributed by atoms with Crippen LogP contribution in [0.5, 0.6) is 0 Å². The lowest BCUT2D eigenvalue weighted by Gasteiger charge is -2.35. The largest absolute Gasteiger partial charge is 0.364 e. The first kappa shape index (κ1) is 21.7. The minimum atomic E-state index is -0.692. The number of nitrogens with two attached hydrogens (primary N) is 1. The number of primary amides is 1. The van der Waals surface area contributed by atoms with Crippen LogP contribution in [0.1, 0.15) is 59.9 Å². The lowest BCUT2D eigenvalue weighted by molar-refractivity contribution is -0.143. The van der Waals surface area contributed by atoms with E-state index in [-0.39, 0.29) is 35.4 Å². The standard InChI is InChI=1S/C21H29N5O4/c1-2-25-12-15(6-7-18(25)27)21(30)26-10-4-3-5-16(13-26)24-20(29)14-8-9-23-17(11-14)19(22)28/h8-9,11,15-16H,2-7,10,12-13H2,1H3,(H2,22,28)(H,24,29). The second kappa shape index (κ2) is 9.69. The number of carbonyl (C=O) groups excluding carboxylic acids is 4. The van der Waals surface area contributed by atoms with E-state index in [4.69, 9.17) is 5.73 Å². The predicted octanol–water partition coefficient (Wildman–Crippen LogP) is 0.550. The molecule has 3 heterocycles. The minimum absolute atomic E-state index is 0.0349. The molecule has 0 aromatic carbocycles. The van der Waals surface area contributed by atoms with Crippen LogP contribution in [0.2, 0.25) is 0 Å². The highest BCUT2D eigenvalue weighted by Gasteiger charge is 2.33. The molecule has 1 aromatic heterocycles. The molecule has 0 radical (unpaired) electrons. The van der Waals surface area contributed by atoms with Crippen LogP contribution in [-0.4, -0.2) is 70.6 Å². The molecule has 0 saturated carbocycles. The van der Waals surface area contributed by atoms with E-state index in [1.165, 1.54) is 18.3 Å². The van der Waals surface area contributed by atoms with Gasteiger partial charge in [-0.1, -0.05) is 0 Å². The van der Waals surface area contributed by atoms with Gasteiger partial charge in [0.25, 0.3) is 11.8 Å². The second-order valence-corrected chi connectivity index (χ2v) is 7.91. The van der Waals surface area contributed by atoms with Crippen molar-refractivity contribution in [2.24, 2.45) is 11.7 Å². The third kappa shape index (κ3) is 5.14. The zero-order valence-electron chi connectivity index (χ0n) is 17.3. The van der Waals surface area contributed by atoms with Gasteiger partial charge in [0.05, 0.1) is 5.92 Å². The number of pyridine rings is 1. The zero-order chi connectivity index (χ0) is 21.7. The first-order chi connectivity index (χ1) is 14.4. The highest BCUT2D eigenvalue weighted by molar-refractivity contribution is 5.98. The van der Waals surface area contributed by atoms with Crippen molar-refractivity contribution < 1.29 is 19.2 Å². The number of aromatic nitrogens is 1. The van der Waals surface area contributed by atoms with Gasteiger partial charge in [0, 0.05) is 50.4 Å². The molecule has 2 saturated heterocycles. The molecule has 3 N–H and O–H groups in total. The monoisotopic (exact) mass is 415 g/mol. The Morgan fingerprint density at radius 1 is 1.23 bits per heavy atom. The first-order valence-electron chi connectivity index (χ1n) is 10.5. The third-order valence-electron chi connectivity index (χ3n) is 5.82. The van der Waals surface area contributed by atoms with Crippen molar-refractivity contribution >= 4 is 23.6 Å². The maximum Gasteiger partial charge on any atom is 0.267 e. The van der Waals surface area contributed by atoms with Crippen LogP contribution in [-0.2, 0) is 9.59 Å². The van der Waals surface area contributed by atoms with E-state index in [2.05, 4.69) is 10.3 Å². The zero-order valence-corrected chi connectivity index (χ0v) is 17.3. The minimum Gasteiger partial charge on any atom is -0.364 e. The summed E-state index contributed by atoms with van der Waals surface area (Å²) < 4.78 is 0. The molecule has 2 unspecified atom stereocenters. The van der Waals surface area contributed by atoms with Gasteiger partial charge in [-0.2, -0.15) is 0 Å². The molecular formula is C21H29N5O4. The van der Waals surface area contributed by atoms with Gasteiger partial charge in [0.1, 0.15) is 5.69 Å². The van der Waals surface area contributed by atoms with Crippen molar-refractivity contribution in [2.75, 3.05) is 26.2 Å². The number of carbonyl (C=O) groups is 4. The number of rotatable bonds is 5. The van der Waals surface area contributed by atoms with Crippen molar-refractivity contribution in [3.8, 4) is 0 Å². The number of nitrogens with one attached hydrogen (secondary N) is 1. The van der Waals surface area contributed by atoms with Gasteiger partial charge in [-0.15, -0.1) is 0 Å². The molecule has 162 valence electrons. The summed E-state index contributed by atoms with van der Waals surface area (Å²) in [4.78, 5) is 56.4. The number of nitrogens with zero attached hydrogens (tertiary/aromatic N) is 3. The maximum absolute atomic E-state index is 13.1. The van der Waals surface area contributed by atoms with E-state index < -0.39 is 5.91 Å². The maximum atomic E-state index is 13.1. The molecule has 2 atom stereocenters. The molecule has 1 aromatic rings. The Hall–Kier alpha value is -2.97. The van der Waals surface area contributed by atoms with Crippen molar-refractivity contribution in [3.63, 3.8) is 0 Å². The smallest absolute Gasteiger partial charge is 0.267 e. The molecule has 0 bridgehead atoms. The van der Waals surface area contributed by atoms with Crippen LogP contribution in [0.3, 0.4) is 0 Å². The van der Waals surface area contributed by atoms with Gasteiger partial charge >= 0.3 is 0 Å². The molecule has 0 spiro atoms. The number of hydrogen-bond acceptors (Lipinski definition) is 5. The molecule has 9 heteroatoms. The van der Waals surface area contributed by atoms with Crippen molar-refractivity contribution in [1.29, 1.82) is 0 Å². The van der Waals surface area contributed by atoms with E-state index in [9.17, 15) is 19.2 Å². The normalized spacial score (nSPS) is 22.4. The van der Waals surface area contributed by atoms with Gasteiger partial charge in [-0.05, 0) is 44.7 Å². The Bertz CT molecular complexity index is 827. The topological polar surface area (TPSA) is 126 Å². The molecule has 30 heavy (non-hydrogen) atoms. The molecular weight excluding hydrogens is 386 g/mol. The fourth-order valence-electron chi connectivity index (χ4n) is 4.12. The van der Waals surface area contributed by atoms with E-state index in [1.807, 2.05) is 11.8 Å². The number of amides is 4. The average Bonchev–Trinajstić information content (AvgIpc) is 2.99. The Morgan fingerprint density at radius 3 is 2.77 bits per heavy atom. The second-order valence-electron chi connectivity index (χ2n) is 7.91. The fraction of sp³-hybridized carbons (Fsp3) is 0.571. The number of hydrogen-bond donors (Lipinski definition) is 2. The van der Waals surface area contributed by atoms with E-state index in [0.29, 0.717) is 44.6 Å². The molecule has 9 nitrogen and oxygen atoms in total. The van der Waals surface area contributed by atoms with Gasteiger partial charge < -0.3 is 20.9 Å². The molecule has 2 fully saturated rings. The molecule has 4 amide bonds. The Balaban J connectivity index is 1.64. The fourth-order valence-corrected chi connectivity index (χ4v) is 4.12. The molecule has 0 aliphatic carbocycles. The summed E-state index contributed by atoms with van der Waals surface area (Å²) in [5.41, 5.74) is 5.58. The number of piperidine rings is 1. The average molecular weight is 415 g/mol. The summed E-state index contributed by atoms with van der Waals surface area (Å²) in [7, 11) is 0. The van der Waals surface area contributed by atoms with Crippen molar-refractivity contribution in [3.05, 3.63) is 29.6 Å². The SMILES string of the molecule is CCN1CC(C(=O)N2CCCCC(NC(=O)c3ccnc(C(N)=O)c3)C2)CCC1=O. The van der Waals surface area contributed by atoms with Crippen LogP contribution in [0, 0.1) is 5.92 Å². The van der Waals surface area contributed by atoms with Gasteiger partial charge in [0.15, 0.2) is 0 Å². The summed E-state index contributed by atoms with van der Waals surface area (Å²) in [6.07, 6.45) is 4.91.